The second kappa shape index (κ2) is 4.37. The predicted molar refractivity (Wildman–Crippen MR) is 81.9 cm³/mol. The molecule has 1 atom stereocenters. The minimum absolute atomic E-state index is 0.0188. The Balaban J connectivity index is 1.97. The Labute approximate surface area is 117 Å². The molecule has 0 saturated carbocycles. The van der Waals surface area contributed by atoms with Crippen LogP contribution in [0.25, 0.3) is 21.8 Å². The third-order valence-corrected chi connectivity index (χ3v) is 4.03. The normalized spacial score (nSPS) is 18.4. The van der Waals surface area contributed by atoms with E-state index < -0.39 is 0 Å². The van der Waals surface area contributed by atoms with Crippen LogP contribution in [-0.2, 0) is 4.84 Å². The molecule has 0 saturated heterocycles. The smallest absolute Gasteiger partial charge is 0.209 e. The standard InChI is InChI=1S/C17H16N2O/c1-2-12-11-17(20-18-12)19-15-9-5-3-7-13(15)14-8-4-6-10-16(14)19/h3-10,17H,2,11H2,1H3. The highest BCUT2D eigenvalue weighted by molar-refractivity contribution is 6.08. The summed E-state index contributed by atoms with van der Waals surface area (Å²) in [6, 6.07) is 17.0. The van der Waals surface area contributed by atoms with Crippen molar-refractivity contribution in [2.75, 3.05) is 0 Å². The Morgan fingerprint density at radius 3 is 2.20 bits per heavy atom. The van der Waals surface area contributed by atoms with Crippen LogP contribution in [0.2, 0.25) is 0 Å². The molecule has 0 bridgehead atoms. The van der Waals surface area contributed by atoms with Crippen molar-refractivity contribution in [1.29, 1.82) is 0 Å². The number of para-hydroxylation sites is 2. The lowest BCUT2D eigenvalue weighted by atomic mass is 10.2. The summed E-state index contributed by atoms with van der Waals surface area (Å²) in [6.07, 6.45) is 1.81. The van der Waals surface area contributed by atoms with Gasteiger partial charge in [0, 0.05) is 17.2 Å². The molecule has 100 valence electrons. The van der Waals surface area contributed by atoms with Gasteiger partial charge in [0.15, 0.2) is 0 Å². The lowest BCUT2D eigenvalue weighted by Crippen LogP contribution is -2.08. The molecule has 1 aliphatic heterocycles. The van der Waals surface area contributed by atoms with Gasteiger partial charge >= 0.3 is 0 Å². The topological polar surface area (TPSA) is 26.5 Å². The van der Waals surface area contributed by atoms with Crippen molar-refractivity contribution in [2.45, 2.75) is 26.0 Å². The van der Waals surface area contributed by atoms with Crippen molar-refractivity contribution < 1.29 is 4.84 Å². The molecule has 3 nitrogen and oxygen atoms in total. The van der Waals surface area contributed by atoms with E-state index in [2.05, 4.69) is 65.2 Å². The highest BCUT2D eigenvalue weighted by Gasteiger charge is 2.24. The van der Waals surface area contributed by atoms with Crippen LogP contribution in [0.15, 0.2) is 53.7 Å². The van der Waals surface area contributed by atoms with E-state index >= 15 is 0 Å². The Hall–Kier alpha value is -2.29. The first kappa shape index (κ1) is 11.5. The summed E-state index contributed by atoms with van der Waals surface area (Å²) in [6.45, 7) is 2.12. The highest BCUT2D eigenvalue weighted by atomic mass is 16.7. The Morgan fingerprint density at radius 1 is 1.05 bits per heavy atom. The van der Waals surface area contributed by atoms with Crippen LogP contribution in [-0.4, -0.2) is 10.3 Å². The van der Waals surface area contributed by atoms with Crippen molar-refractivity contribution in [3.8, 4) is 0 Å². The van der Waals surface area contributed by atoms with Gasteiger partial charge in [0.05, 0.1) is 16.7 Å². The molecule has 1 unspecified atom stereocenters. The zero-order valence-electron chi connectivity index (χ0n) is 11.4. The molecule has 0 spiro atoms. The van der Waals surface area contributed by atoms with Gasteiger partial charge in [0.1, 0.15) is 0 Å². The fraction of sp³-hybridized carbons (Fsp3) is 0.235. The van der Waals surface area contributed by atoms with Crippen LogP contribution in [0.3, 0.4) is 0 Å². The van der Waals surface area contributed by atoms with E-state index in [0.29, 0.717) is 0 Å². The minimum atomic E-state index is -0.0188. The molecule has 2 heterocycles. The monoisotopic (exact) mass is 264 g/mol. The van der Waals surface area contributed by atoms with Gasteiger partial charge in [0.2, 0.25) is 6.23 Å². The molecule has 20 heavy (non-hydrogen) atoms. The molecule has 0 radical (unpaired) electrons. The molecule has 4 rings (SSSR count). The number of nitrogens with zero attached hydrogens (tertiary/aromatic N) is 2. The maximum Gasteiger partial charge on any atom is 0.209 e. The van der Waals surface area contributed by atoms with E-state index in [0.717, 1.165) is 18.6 Å². The van der Waals surface area contributed by atoms with Gasteiger partial charge in [-0.05, 0) is 18.6 Å². The largest absolute Gasteiger partial charge is 0.370 e. The lowest BCUT2D eigenvalue weighted by molar-refractivity contribution is 0.0386. The third-order valence-electron chi connectivity index (χ3n) is 4.03. The van der Waals surface area contributed by atoms with Crippen molar-refractivity contribution >= 4 is 27.5 Å². The molecule has 0 N–H and O–H groups in total. The molecule has 1 aromatic heterocycles. The highest BCUT2D eigenvalue weighted by Crippen LogP contribution is 2.35. The number of oxime groups is 1. The fourth-order valence-electron chi connectivity index (χ4n) is 3.02. The number of benzene rings is 2. The quantitative estimate of drug-likeness (QED) is 0.670. The van der Waals surface area contributed by atoms with Crippen molar-refractivity contribution in [3.63, 3.8) is 0 Å². The van der Waals surface area contributed by atoms with Crippen molar-refractivity contribution in [3.05, 3.63) is 48.5 Å². The van der Waals surface area contributed by atoms with Crippen LogP contribution < -0.4 is 0 Å². The average molecular weight is 264 g/mol. The second-order valence-corrected chi connectivity index (χ2v) is 5.18. The van der Waals surface area contributed by atoms with Gasteiger partial charge in [-0.3, -0.25) is 0 Å². The van der Waals surface area contributed by atoms with E-state index in [4.69, 9.17) is 4.84 Å². The maximum absolute atomic E-state index is 5.67. The van der Waals surface area contributed by atoms with Gasteiger partial charge in [0.25, 0.3) is 0 Å². The first-order chi connectivity index (χ1) is 9.88. The molecule has 0 fully saturated rings. The number of aromatic nitrogens is 1. The first-order valence-electron chi connectivity index (χ1n) is 7.07. The van der Waals surface area contributed by atoms with Crippen LogP contribution in [0.1, 0.15) is 26.0 Å². The number of hydrogen-bond donors (Lipinski definition) is 0. The maximum atomic E-state index is 5.67. The molecule has 3 aromatic rings. The number of rotatable bonds is 2. The Kier molecular flexibility index (Phi) is 2.52. The zero-order chi connectivity index (χ0) is 13.5. The van der Waals surface area contributed by atoms with Gasteiger partial charge in [-0.15, -0.1) is 0 Å². The molecule has 1 aliphatic rings. The summed E-state index contributed by atoms with van der Waals surface area (Å²) >= 11 is 0. The van der Waals surface area contributed by atoms with Gasteiger partial charge < -0.3 is 9.40 Å². The minimum Gasteiger partial charge on any atom is -0.370 e. The average Bonchev–Trinajstić information content (AvgIpc) is 3.09. The molecule has 3 heteroatoms. The predicted octanol–water partition coefficient (Wildman–Crippen LogP) is 4.48. The second-order valence-electron chi connectivity index (χ2n) is 5.18. The molecular weight excluding hydrogens is 248 g/mol. The molecular formula is C17H16N2O. The van der Waals surface area contributed by atoms with E-state index in [9.17, 15) is 0 Å². The number of hydrogen-bond acceptors (Lipinski definition) is 2. The van der Waals surface area contributed by atoms with Crippen LogP contribution in [0.5, 0.6) is 0 Å². The molecule has 0 aliphatic carbocycles. The van der Waals surface area contributed by atoms with Crippen molar-refractivity contribution in [2.24, 2.45) is 5.16 Å². The van der Waals surface area contributed by atoms with Crippen LogP contribution in [0.4, 0.5) is 0 Å². The summed E-state index contributed by atoms with van der Waals surface area (Å²) in [5, 5.41) is 6.75. The fourth-order valence-corrected chi connectivity index (χ4v) is 3.02. The summed E-state index contributed by atoms with van der Waals surface area (Å²) in [4.78, 5) is 5.67. The molecule has 2 aromatic carbocycles. The summed E-state index contributed by atoms with van der Waals surface area (Å²) < 4.78 is 2.27. The summed E-state index contributed by atoms with van der Waals surface area (Å²) in [5.41, 5.74) is 3.56. The third kappa shape index (κ3) is 1.56. The zero-order valence-corrected chi connectivity index (χ0v) is 11.4. The summed E-state index contributed by atoms with van der Waals surface area (Å²) in [7, 11) is 0. The van der Waals surface area contributed by atoms with Crippen LogP contribution >= 0.6 is 0 Å². The SMILES string of the molecule is CCC1=NOC(n2c3ccccc3c3ccccc32)C1. The van der Waals surface area contributed by atoms with E-state index in [1.165, 1.54) is 21.8 Å². The lowest BCUT2D eigenvalue weighted by Gasteiger charge is -2.13. The Bertz CT molecular complexity index is 763. The molecule has 0 amide bonds. The van der Waals surface area contributed by atoms with E-state index in [1.807, 2.05) is 0 Å². The van der Waals surface area contributed by atoms with Crippen molar-refractivity contribution in [1.82, 2.24) is 4.57 Å². The Morgan fingerprint density at radius 2 is 1.65 bits per heavy atom. The van der Waals surface area contributed by atoms with Gasteiger partial charge in [-0.25, -0.2) is 0 Å². The van der Waals surface area contributed by atoms with Crippen LogP contribution in [0, 0.1) is 0 Å². The first-order valence-corrected chi connectivity index (χ1v) is 7.07. The van der Waals surface area contributed by atoms with E-state index in [1.54, 1.807) is 0 Å². The summed E-state index contributed by atoms with van der Waals surface area (Å²) in [5.74, 6) is 0. The van der Waals surface area contributed by atoms with E-state index in [-0.39, 0.29) is 6.23 Å². The van der Waals surface area contributed by atoms with Gasteiger partial charge in [-0.1, -0.05) is 48.5 Å². The number of fused-ring (bicyclic) bond motifs is 3. The van der Waals surface area contributed by atoms with Gasteiger partial charge in [-0.2, -0.15) is 0 Å².